The van der Waals surface area contributed by atoms with Crippen LogP contribution in [0.25, 0.3) is 10.8 Å². The van der Waals surface area contributed by atoms with E-state index in [1.807, 2.05) is 31.2 Å². The van der Waals surface area contributed by atoms with Crippen LogP contribution >= 0.6 is 0 Å². The molecule has 0 spiro atoms. The number of carbonyl (C=O) groups is 1. The van der Waals surface area contributed by atoms with Crippen molar-refractivity contribution in [2.45, 2.75) is 6.92 Å². The summed E-state index contributed by atoms with van der Waals surface area (Å²) in [4.78, 5) is 11.0. The van der Waals surface area contributed by atoms with Crippen molar-refractivity contribution in [1.29, 1.82) is 0 Å². The molecule has 0 aromatic heterocycles. The maximum atomic E-state index is 11.0. The molecule has 0 fully saturated rings. The Balaban J connectivity index is 0.00000112. The third-order valence-corrected chi connectivity index (χ3v) is 2.34. The first-order valence-electron chi connectivity index (χ1n) is 4.42. The molecule has 3 heteroatoms. The minimum absolute atomic E-state index is 0. The van der Waals surface area contributed by atoms with E-state index >= 15 is 0 Å². The van der Waals surface area contributed by atoms with E-state index in [1.54, 1.807) is 12.1 Å². The number of fused-ring (bicyclic) bond motifs is 1. The number of rotatable bonds is 1. The molecule has 0 aliphatic carbocycles. The summed E-state index contributed by atoms with van der Waals surface area (Å²) >= 11 is 0. The molecule has 2 aromatic carbocycles. The molecular weight excluding hydrogens is 246 g/mol. The Morgan fingerprint density at radius 1 is 1.13 bits per heavy atom. The predicted molar refractivity (Wildman–Crippen MR) is 65.6 cm³/mol. The second kappa shape index (κ2) is 4.55. The predicted octanol–water partition coefficient (Wildman–Crippen LogP) is 1.66. The van der Waals surface area contributed by atoms with Crippen molar-refractivity contribution in [2.24, 2.45) is 0 Å². The summed E-state index contributed by atoms with van der Waals surface area (Å²) in [6.45, 7) is 1.93. The van der Waals surface area contributed by atoms with Gasteiger partial charge in [-0.1, -0.05) is 30.3 Å². The first kappa shape index (κ1) is 11.9. The summed E-state index contributed by atoms with van der Waals surface area (Å²) in [6, 6.07) is 11.1. The number of benzene rings is 2. The van der Waals surface area contributed by atoms with E-state index in [2.05, 4.69) is 0 Å². The van der Waals surface area contributed by atoms with E-state index in [0.29, 0.717) is 5.56 Å². The summed E-state index contributed by atoms with van der Waals surface area (Å²) in [7, 11) is 0. The molecule has 0 heterocycles. The molecule has 2 nitrogen and oxygen atoms in total. The van der Waals surface area contributed by atoms with Crippen molar-refractivity contribution in [3.63, 3.8) is 0 Å². The van der Waals surface area contributed by atoms with Gasteiger partial charge in [-0.15, -0.1) is 0 Å². The molecule has 15 heavy (non-hydrogen) atoms. The van der Waals surface area contributed by atoms with Crippen LogP contribution in [0, 0.1) is 6.92 Å². The first-order chi connectivity index (χ1) is 6.70. The van der Waals surface area contributed by atoms with Crippen LogP contribution in [0.2, 0.25) is 0 Å². The zero-order chi connectivity index (χ0) is 10.1. The van der Waals surface area contributed by atoms with E-state index in [1.165, 1.54) is 0 Å². The zero-order valence-electron chi connectivity index (χ0n) is 7.82. The van der Waals surface area contributed by atoms with Gasteiger partial charge in [-0.25, -0.2) is 4.79 Å². The second-order valence-corrected chi connectivity index (χ2v) is 3.28. The van der Waals surface area contributed by atoms with Crippen LogP contribution in [0.15, 0.2) is 36.4 Å². The third-order valence-electron chi connectivity index (χ3n) is 2.34. The fraction of sp³-hybridized carbons (Fsp3) is 0.0833. The zero-order valence-corrected chi connectivity index (χ0v) is 7.82. The average Bonchev–Trinajstić information content (AvgIpc) is 2.17. The van der Waals surface area contributed by atoms with Gasteiger partial charge in [-0.2, -0.15) is 0 Å². The van der Waals surface area contributed by atoms with Gasteiger partial charge in [0.2, 0.25) is 0 Å². The molecule has 0 aliphatic rings. The summed E-state index contributed by atoms with van der Waals surface area (Å²) in [6.07, 6.45) is 0. The number of hydrogen-bond acceptors (Lipinski definition) is 1. The Bertz CT molecular complexity index is 501. The molecule has 0 saturated carbocycles. The number of aryl methyl sites for hydroxylation is 1. The molecule has 0 bridgehead atoms. The van der Waals surface area contributed by atoms with E-state index in [4.69, 9.17) is 5.11 Å². The van der Waals surface area contributed by atoms with Crippen molar-refractivity contribution < 1.29 is 9.90 Å². The number of aromatic carboxylic acids is 1. The molecule has 0 aliphatic heterocycles. The SMILES string of the molecule is Cc1cccc2cccc(C(=O)O)c12.[GaH3]. The monoisotopic (exact) mass is 258 g/mol. The summed E-state index contributed by atoms with van der Waals surface area (Å²) < 4.78 is 0. The van der Waals surface area contributed by atoms with E-state index in [0.717, 1.165) is 16.3 Å². The topological polar surface area (TPSA) is 37.3 Å². The molecule has 0 saturated heterocycles. The Kier molecular flexibility index (Phi) is 3.60. The van der Waals surface area contributed by atoms with Gasteiger partial charge in [0, 0.05) is 0 Å². The molecule has 2 rings (SSSR count). The van der Waals surface area contributed by atoms with Gasteiger partial charge in [0.05, 0.1) is 5.56 Å². The van der Waals surface area contributed by atoms with Gasteiger partial charge in [0.15, 0.2) is 0 Å². The van der Waals surface area contributed by atoms with Crippen molar-refractivity contribution in [2.75, 3.05) is 0 Å². The molecule has 0 unspecified atom stereocenters. The fourth-order valence-electron chi connectivity index (χ4n) is 1.71. The van der Waals surface area contributed by atoms with E-state index < -0.39 is 5.97 Å². The fourth-order valence-corrected chi connectivity index (χ4v) is 1.71. The van der Waals surface area contributed by atoms with Crippen molar-refractivity contribution in [1.82, 2.24) is 0 Å². The van der Waals surface area contributed by atoms with Crippen LogP contribution < -0.4 is 0 Å². The standard InChI is InChI=1S/C12H10O2.Ga.3H/c1-8-4-2-5-9-6-3-7-10(11(8)9)12(13)14;;;;/h2-7H,1H3,(H,13,14);;;;. The van der Waals surface area contributed by atoms with E-state index in [-0.39, 0.29) is 19.8 Å². The molecular formula is C12H13GaO2. The number of carboxylic acid groups (broad SMARTS) is 1. The van der Waals surface area contributed by atoms with Gasteiger partial charge in [0.25, 0.3) is 0 Å². The Morgan fingerprint density at radius 2 is 1.73 bits per heavy atom. The molecule has 1 N–H and O–H groups in total. The second-order valence-electron chi connectivity index (χ2n) is 3.28. The van der Waals surface area contributed by atoms with Crippen molar-refractivity contribution in [3.8, 4) is 0 Å². The first-order valence-corrected chi connectivity index (χ1v) is 4.42. The molecule has 2 aromatic rings. The quantitative estimate of drug-likeness (QED) is 0.791. The van der Waals surface area contributed by atoms with Gasteiger partial charge in [-0.05, 0) is 29.3 Å². The molecule has 0 radical (unpaired) electrons. The van der Waals surface area contributed by atoms with Crippen LogP contribution in [0.5, 0.6) is 0 Å². The van der Waals surface area contributed by atoms with Crippen molar-refractivity contribution in [3.05, 3.63) is 47.5 Å². The van der Waals surface area contributed by atoms with Crippen LogP contribution in [-0.2, 0) is 0 Å². The average molecular weight is 259 g/mol. The van der Waals surface area contributed by atoms with Crippen LogP contribution in [0.1, 0.15) is 15.9 Å². The number of hydrogen-bond donors (Lipinski definition) is 1. The Morgan fingerprint density at radius 3 is 2.33 bits per heavy atom. The summed E-state index contributed by atoms with van der Waals surface area (Å²) in [5.41, 5.74) is 1.38. The van der Waals surface area contributed by atoms with Crippen LogP contribution in [-0.4, -0.2) is 30.9 Å². The van der Waals surface area contributed by atoms with Crippen molar-refractivity contribution >= 4 is 36.5 Å². The van der Waals surface area contributed by atoms with Gasteiger partial charge >= 0.3 is 25.8 Å². The van der Waals surface area contributed by atoms with Gasteiger partial charge < -0.3 is 5.11 Å². The maximum absolute atomic E-state index is 11.0. The minimum atomic E-state index is -0.870. The molecule has 0 amide bonds. The summed E-state index contributed by atoms with van der Waals surface area (Å²) in [5, 5.41) is 10.8. The third kappa shape index (κ3) is 2.08. The van der Waals surface area contributed by atoms with Gasteiger partial charge in [0.1, 0.15) is 0 Å². The normalized spacial score (nSPS) is 9.67. The summed E-state index contributed by atoms with van der Waals surface area (Å²) in [5.74, 6) is -0.870. The Labute approximate surface area is 101 Å². The van der Waals surface area contributed by atoms with E-state index in [9.17, 15) is 4.79 Å². The Hall–Kier alpha value is -1.19. The van der Waals surface area contributed by atoms with Crippen LogP contribution in [0.4, 0.5) is 0 Å². The number of carboxylic acids is 1. The molecule has 0 atom stereocenters. The van der Waals surface area contributed by atoms with Crippen LogP contribution in [0.3, 0.4) is 0 Å². The van der Waals surface area contributed by atoms with Gasteiger partial charge in [-0.3, -0.25) is 0 Å². The molecule has 76 valence electrons.